The first-order valence-electron chi connectivity index (χ1n) is 6.16. The summed E-state index contributed by atoms with van der Waals surface area (Å²) in [7, 11) is 2.88. The Hall–Kier alpha value is -1.57. The molecule has 0 bridgehead atoms. The van der Waals surface area contributed by atoms with Crippen molar-refractivity contribution in [1.29, 1.82) is 0 Å². The fraction of sp³-hybridized carbons (Fsp3) is 0.667. The molecule has 0 saturated carbocycles. The Bertz CT molecular complexity index is 440. The van der Waals surface area contributed by atoms with Gasteiger partial charge in [0.25, 0.3) is 0 Å². The average molecular weight is 302 g/mol. The number of hydrogen-bond donors (Lipinski definition) is 1. The number of rotatable bonds is 6. The van der Waals surface area contributed by atoms with Crippen LogP contribution in [0.3, 0.4) is 0 Å². The Morgan fingerprint density at radius 1 is 1.50 bits per heavy atom. The molecule has 20 heavy (non-hydrogen) atoms. The van der Waals surface area contributed by atoms with Gasteiger partial charge in [0.05, 0.1) is 5.25 Å². The van der Waals surface area contributed by atoms with Gasteiger partial charge in [0.15, 0.2) is 0 Å². The predicted octanol–water partition coefficient (Wildman–Crippen LogP) is -0.201. The summed E-state index contributed by atoms with van der Waals surface area (Å²) in [4.78, 5) is 47.7. The molecule has 112 valence electrons. The zero-order valence-electron chi connectivity index (χ0n) is 11.7. The molecule has 1 saturated heterocycles. The minimum atomic E-state index is -1.06. The van der Waals surface area contributed by atoms with E-state index in [9.17, 15) is 19.2 Å². The molecule has 1 aliphatic heterocycles. The number of carbonyl (C=O) groups is 4. The average Bonchev–Trinajstić information content (AvgIpc) is 2.64. The van der Waals surface area contributed by atoms with E-state index in [1.54, 1.807) is 0 Å². The Balaban J connectivity index is 2.38. The summed E-state index contributed by atoms with van der Waals surface area (Å²) < 4.78 is 0. The van der Waals surface area contributed by atoms with Gasteiger partial charge in [-0.1, -0.05) is 0 Å². The van der Waals surface area contributed by atoms with E-state index in [0.717, 1.165) is 9.80 Å². The maximum Gasteiger partial charge on any atom is 0.326 e. The van der Waals surface area contributed by atoms with E-state index in [1.165, 1.54) is 32.8 Å². The standard InChI is InChI=1S/C12H18N2O5S/c1-7(12(18)19)13(2)9(15)4-5-20-8-6-10(16)14(3)11(8)17/h7-8H,4-6H2,1-3H3,(H,18,19)/t7-,8?/m0/s1. The lowest BCUT2D eigenvalue weighted by Crippen LogP contribution is -2.40. The molecular formula is C12H18N2O5S. The van der Waals surface area contributed by atoms with Gasteiger partial charge in [0.2, 0.25) is 17.7 Å². The molecule has 1 aliphatic rings. The number of thioether (sulfide) groups is 1. The summed E-state index contributed by atoms with van der Waals surface area (Å²) in [5, 5.41) is 8.38. The first kappa shape index (κ1) is 16.5. The van der Waals surface area contributed by atoms with Crippen LogP contribution in [0.5, 0.6) is 0 Å². The van der Waals surface area contributed by atoms with Crippen LogP contribution in [0.2, 0.25) is 0 Å². The Morgan fingerprint density at radius 2 is 2.10 bits per heavy atom. The van der Waals surface area contributed by atoms with E-state index < -0.39 is 17.3 Å². The van der Waals surface area contributed by atoms with Crippen molar-refractivity contribution in [2.45, 2.75) is 31.1 Å². The highest BCUT2D eigenvalue weighted by Gasteiger charge is 2.36. The van der Waals surface area contributed by atoms with E-state index in [2.05, 4.69) is 0 Å². The van der Waals surface area contributed by atoms with E-state index in [-0.39, 0.29) is 30.6 Å². The molecule has 8 heteroatoms. The summed E-state index contributed by atoms with van der Waals surface area (Å²) in [5.41, 5.74) is 0. The smallest absolute Gasteiger partial charge is 0.326 e. The third-order valence-electron chi connectivity index (χ3n) is 3.31. The molecular weight excluding hydrogens is 284 g/mol. The first-order valence-corrected chi connectivity index (χ1v) is 7.21. The normalized spacial score (nSPS) is 20.1. The van der Waals surface area contributed by atoms with Crippen molar-refractivity contribution in [2.75, 3.05) is 19.8 Å². The van der Waals surface area contributed by atoms with Crippen molar-refractivity contribution < 1.29 is 24.3 Å². The van der Waals surface area contributed by atoms with Crippen molar-refractivity contribution >= 4 is 35.5 Å². The van der Waals surface area contributed by atoms with Gasteiger partial charge in [-0.25, -0.2) is 4.79 Å². The highest BCUT2D eigenvalue weighted by Crippen LogP contribution is 2.24. The summed E-state index contributed by atoms with van der Waals surface area (Å²) in [6, 6.07) is -0.881. The Labute approximate surface area is 121 Å². The quantitative estimate of drug-likeness (QED) is 0.683. The molecule has 0 aromatic carbocycles. The molecule has 3 amide bonds. The van der Waals surface area contributed by atoms with Crippen LogP contribution in [-0.2, 0) is 19.2 Å². The van der Waals surface area contributed by atoms with Crippen LogP contribution in [-0.4, -0.2) is 69.7 Å². The lowest BCUT2D eigenvalue weighted by molar-refractivity contribution is -0.148. The van der Waals surface area contributed by atoms with Gasteiger partial charge in [0.1, 0.15) is 6.04 Å². The van der Waals surface area contributed by atoms with Gasteiger partial charge >= 0.3 is 5.97 Å². The number of carboxylic acids is 1. The maximum absolute atomic E-state index is 11.8. The number of likely N-dealkylation sites (tertiary alicyclic amines) is 1. The van der Waals surface area contributed by atoms with Gasteiger partial charge in [-0.15, -0.1) is 11.8 Å². The zero-order valence-corrected chi connectivity index (χ0v) is 12.5. The monoisotopic (exact) mass is 302 g/mol. The third-order valence-corrected chi connectivity index (χ3v) is 4.52. The largest absolute Gasteiger partial charge is 0.480 e. The number of nitrogens with zero attached hydrogens (tertiary/aromatic N) is 2. The number of hydrogen-bond acceptors (Lipinski definition) is 5. The molecule has 0 radical (unpaired) electrons. The van der Waals surface area contributed by atoms with Crippen molar-refractivity contribution in [2.24, 2.45) is 0 Å². The lowest BCUT2D eigenvalue weighted by atomic mass is 10.3. The number of amides is 3. The Kier molecular flexibility index (Phi) is 5.55. The second-order valence-electron chi connectivity index (χ2n) is 4.62. The zero-order chi connectivity index (χ0) is 15.4. The van der Waals surface area contributed by atoms with E-state index in [4.69, 9.17) is 5.11 Å². The molecule has 0 aromatic rings. The van der Waals surface area contributed by atoms with Crippen LogP contribution < -0.4 is 0 Å². The van der Waals surface area contributed by atoms with Gasteiger partial charge in [-0.05, 0) is 6.92 Å². The molecule has 1 rings (SSSR count). The van der Waals surface area contributed by atoms with E-state index in [0.29, 0.717) is 5.75 Å². The fourth-order valence-electron chi connectivity index (χ4n) is 1.70. The number of imide groups is 1. The summed E-state index contributed by atoms with van der Waals surface area (Å²) >= 11 is 1.26. The van der Waals surface area contributed by atoms with Gasteiger partial charge < -0.3 is 10.0 Å². The summed E-state index contributed by atoms with van der Waals surface area (Å²) in [6.07, 6.45) is 0.302. The van der Waals surface area contributed by atoms with E-state index >= 15 is 0 Å². The molecule has 1 fully saturated rings. The van der Waals surface area contributed by atoms with Crippen molar-refractivity contribution in [3.63, 3.8) is 0 Å². The second-order valence-corrected chi connectivity index (χ2v) is 5.93. The van der Waals surface area contributed by atoms with Crippen LogP contribution in [0, 0.1) is 0 Å². The Morgan fingerprint density at radius 3 is 2.55 bits per heavy atom. The molecule has 1 N–H and O–H groups in total. The maximum atomic E-state index is 11.8. The van der Waals surface area contributed by atoms with Gasteiger partial charge in [-0.3, -0.25) is 19.3 Å². The molecule has 0 aromatic heterocycles. The first-order chi connectivity index (χ1) is 9.25. The lowest BCUT2D eigenvalue weighted by Gasteiger charge is -2.21. The van der Waals surface area contributed by atoms with Crippen LogP contribution >= 0.6 is 11.8 Å². The van der Waals surface area contributed by atoms with E-state index in [1.807, 2.05) is 0 Å². The summed E-state index contributed by atoms with van der Waals surface area (Å²) in [5.74, 6) is -1.42. The van der Waals surface area contributed by atoms with Crippen LogP contribution in [0.4, 0.5) is 0 Å². The number of likely N-dealkylation sites (N-methyl/N-ethyl adjacent to an activating group) is 1. The van der Waals surface area contributed by atoms with Crippen molar-refractivity contribution in [1.82, 2.24) is 9.80 Å². The van der Waals surface area contributed by atoms with Crippen molar-refractivity contribution in [3.05, 3.63) is 0 Å². The minimum absolute atomic E-state index is 0.139. The number of aliphatic carboxylic acids is 1. The van der Waals surface area contributed by atoms with Crippen LogP contribution in [0.25, 0.3) is 0 Å². The highest BCUT2D eigenvalue weighted by molar-refractivity contribution is 8.00. The topological polar surface area (TPSA) is 95.0 Å². The molecule has 2 atom stereocenters. The van der Waals surface area contributed by atoms with Gasteiger partial charge in [-0.2, -0.15) is 0 Å². The number of carbonyl (C=O) groups excluding carboxylic acids is 3. The van der Waals surface area contributed by atoms with Crippen molar-refractivity contribution in [3.8, 4) is 0 Å². The van der Waals surface area contributed by atoms with Gasteiger partial charge in [0, 0.05) is 32.7 Å². The second kappa shape index (κ2) is 6.74. The predicted molar refractivity (Wildman–Crippen MR) is 73.1 cm³/mol. The van der Waals surface area contributed by atoms with Crippen LogP contribution in [0.1, 0.15) is 19.8 Å². The molecule has 1 heterocycles. The highest BCUT2D eigenvalue weighted by atomic mass is 32.2. The SMILES string of the molecule is C[C@@H](C(=O)O)N(C)C(=O)CCSC1CC(=O)N(C)C1=O. The molecule has 7 nitrogen and oxygen atoms in total. The number of carboxylic acid groups (broad SMARTS) is 1. The molecule has 0 spiro atoms. The third kappa shape index (κ3) is 3.72. The summed E-state index contributed by atoms with van der Waals surface area (Å²) in [6.45, 7) is 1.43. The minimum Gasteiger partial charge on any atom is -0.480 e. The fourth-order valence-corrected chi connectivity index (χ4v) is 2.84. The van der Waals surface area contributed by atoms with Crippen LogP contribution in [0.15, 0.2) is 0 Å². The molecule has 0 aliphatic carbocycles. The molecule has 1 unspecified atom stereocenters.